The van der Waals surface area contributed by atoms with Crippen LogP contribution in [0.4, 0.5) is 0 Å². The molecule has 0 saturated heterocycles. The van der Waals surface area contributed by atoms with E-state index in [9.17, 15) is 4.79 Å². The van der Waals surface area contributed by atoms with Crippen molar-refractivity contribution in [3.63, 3.8) is 0 Å². The Labute approximate surface area is 99.6 Å². The molecule has 15 heavy (non-hydrogen) atoms. The standard InChI is InChI=1S/C11H24N2O.ClH/c1-8(2)5-6-10(4)13-11(14)9(3)7-12;/h8-10H,5-7,12H2,1-4H3,(H,13,14);1H. The molecule has 0 aromatic heterocycles. The Morgan fingerprint density at radius 1 is 1.20 bits per heavy atom. The monoisotopic (exact) mass is 236 g/mol. The molecule has 0 aliphatic rings. The van der Waals surface area contributed by atoms with Crippen molar-refractivity contribution in [1.82, 2.24) is 5.32 Å². The summed E-state index contributed by atoms with van der Waals surface area (Å²) in [5, 5.41) is 2.97. The Morgan fingerprint density at radius 3 is 2.13 bits per heavy atom. The zero-order valence-electron chi connectivity index (χ0n) is 10.2. The van der Waals surface area contributed by atoms with Crippen LogP contribution in [-0.2, 0) is 4.79 Å². The molecule has 0 radical (unpaired) electrons. The summed E-state index contributed by atoms with van der Waals surface area (Å²) in [6.45, 7) is 8.70. The molecule has 0 rings (SSSR count). The van der Waals surface area contributed by atoms with E-state index in [0.717, 1.165) is 12.8 Å². The SMILES string of the molecule is CC(C)CCC(C)NC(=O)C(C)CN.Cl. The van der Waals surface area contributed by atoms with Gasteiger partial charge in [0.15, 0.2) is 0 Å². The second-order valence-electron chi connectivity index (χ2n) is 4.52. The lowest BCUT2D eigenvalue weighted by molar-refractivity contribution is -0.124. The first-order chi connectivity index (χ1) is 6.47. The number of nitrogens with two attached hydrogens (primary N) is 1. The third kappa shape index (κ3) is 8.70. The van der Waals surface area contributed by atoms with Crippen molar-refractivity contribution in [1.29, 1.82) is 0 Å². The molecule has 2 atom stereocenters. The molecule has 2 unspecified atom stereocenters. The van der Waals surface area contributed by atoms with Crippen molar-refractivity contribution in [2.45, 2.75) is 46.6 Å². The van der Waals surface area contributed by atoms with E-state index < -0.39 is 0 Å². The second-order valence-corrected chi connectivity index (χ2v) is 4.52. The van der Waals surface area contributed by atoms with Gasteiger partial charge >= 0.3 is 0 Å². The van der Waals surface area contributed by atoms with Gasteiger partial charge in [0, 0.05) is 18.5 Å². The smallest absolute Gasteiger partial charge is 0.224 e. The fourth-order valence-corrected chi connectivity index (χ4v) is 1.15. The van der Waals surface area contributed by atoms with Gasteiger partial charge in [-0.05, 0) is 25.7 Å². The quantitative estimate of drug-likeness (QED) is 0.741. The molecule has 92 valence electrons. The zero-order valence-corrected chi connectivity index (χ0v) is 11.1. The van der Waals surface area contributed by atoms with Crippen molar-refractivity contribution in [2.75, 3.05) is 6.54 Å². The van der Waals surface area contributed by atoms with Crippen LogP contribution in [0.2, 0.25) is 0 Å². The summed E-state index contributed by atoms with van der Waals surface area (Å²) in [5.74, 6) is 0.696. The van der Waals surface area contributed by atoms with E-state index >= 15 is 0 Å². The molecule has 0 aliphatic heterocycles. The van der Waals surface area contributed by atoms with Crippen molar-refractivity contribution in [2.24, 2.45) is 17.6 Å². The van der Waals surface area contributed by atoms with Crippen LogP contribution in [0, 0.1) is 11.8 Å². The van der Waals surface area contributed by atoms with Gasteiger partial charge in [-0.2, -0.15) is 0 Å². The van der Waals surface area contributed by atoms with Crippen LogP contribution in [0.15, 0.2) is 0 Å². The summed E-state index contributed by atoms with van der Waals surface area (Å²) < 4.78 is 0. The van der Waals surface area contributed by atoms with Crippen LogP contribution in [0.3, 0.4) is 0 Å². The average Bonchev–Trinajstić information content (AvgIpc) is 2.13. The lowest BCUT2D eigenvalue weighted by atomic mass is 10.0. The van der Waals surface area contributed by atoms with Gasteiger partial charge in [0.05, 0.1) is 0 Å². The van der Waals surface area contributed by atoms with Gasteiger partial charge in [-0.3, -0.25) is 4.79 Å². The first-order valence-electron chi connectivity index (χ1n) is 5.47. The first-order valence-corrected chi connectivity index (χ1v) is 5.47. The van der Waals surface area contributed by atoms with E-state index in [1.165, 1.54) is 0 Å². The molecule has 0 fully saturated rings. The number of hydrogen-bond acceptors (Lipinski definition) is 2. The molecule has 0 aromatic rings. The molecule has 3 N–H and O–H groups in total. The lowest BCUT2D eigenvalue weighted by Crippen LogP contribution is -2.38. The zero-order chi connectivity index (χ0) is 11.1. The van der Waals surface area contributed by atoms with Crippen molar-refractivity contribution in [3.05, 3.63) is 0 Å². The number of halogens is 1. The summed E-state index contributed by atoms with van der Waals surface area (Å²) in [6, 6.07) is 0.263. The number of carbonyl (C=O) groups excluding carboxylic acids is 1. The van der Waals surface area contributed by atoms with E-state index in [-0.39, 0.29) is 30.3 Å². The molecule has 1 amide bonds. The van der Waals surface area contributed by atoms with Crippen molar-refractivity contribution in [3.8, 4) is 0 Å². The molecule has 0 saturated carbocycles. The fourth-order valence-electron chi connectivity index (χ4n) is 1.15. The fraction of sp³-hybridized carbons (Fsp3) is 0.909. The van der Waals surface area contributed by atoms with Crippen LogP contribution in [0.5, 0.6) is 0 Å². The number of rotatable bonds is 6. The summed E-state index contributed by atoms with van der Waals surface area (Å²) in [7, 11) is 0. The molecule has 3 nitrogen and oxygen atoms in total. The summed E-state index contributed by atoms with van der Waals surface area (Å²) in [5.41, 5.74) is 5.41. The van der Waals surface area contributed by atoms with E-state index in [4.69, 9.17) is 5.73 Å². The van der Waals surface area contributed by atoms with Gasteiger partial charge in [0.1, 0.15) is 0 Å². The minimum Gasteiger partial charge on any atom is -0.353 e. The van der Waals surface area contributed by atoms with E-state index in [2.05, 4.69) is 19.2 Å². The van der Waals surface area contributed by atoms with Gasteiger partial charge in [-0.25, -0.2) is 0 Å². The number of carbonyl (C=O) groups is 1. The molecule has 0 aliphatic carbocycles. The normalized spacial score (nSPS) is 14.3. The molecule has 0 spiro atoms. The molecule has 0 heterocycles. The maximum Gasteiger partial charge on any atom is 0.224 e. The van der Waals surface area contributed by atoms with Crippen molar-refractivity contribution >= 4 is 18.3 Å². The van der Waals surface area contributed by atoms with Crippen molar-refractivity contribution < 1.29 is 4.79 Å². The predicted molar refractivity (Wildman–Crippen MR) is 67.1 cm³/mol. The van der Waals surface area contributed by atoms with Crippen LogP contribution >= 0.6 is 12.4 Å². The Morgan fingerprint density at radius 2 is 1.73 bits per heavy atom. The highest BCUT2D eigenvalue weighted by Gasteiger charge is 2.13. The van der Waals surface area contributed by atoms with Crippen LogP contribution in [0.25, 0.3) is 0 Å². The summed E-state index contributed by atoms with van der Waals surface area (Å²) in [6.07, 6.45) is 2.19. The summed E-state index contributed by atoms with van der Waals surface area (Å²) >= 11 is 0. The van der Waals surface area contributed by atoms with E-state index in [0.29, 0.717) is 12.5 Å². The Kier molecular flexibility index (Phi) is 10.3. The first kappa shape index (κ1) is 17.1. The molecule has 0 bridgehead atoms. The number of nitrogens with one attached hydrogen (secondary N) is 1. The highest BCUT2D eigenvalue weighted by molar-refractivity contribution is 5.85. The molecule has 0 aromatic carbocycles. The third-order valence-corrected chi connectivity index (χ3v) is 2.37. The molecular formula is C11H25ClN2O. The van der Waals surface area contributed by atoms with Crippen LogP contribution < -0.4 is 11.1 Å². The Bertz CT molecular complexity index is 174. The van der Waals surface area contributed by atoms with E-state index in [1.807, 2.05) is 13.8 Å². The Hall–Kier alpha value is -0.280. The lowest BCUT2D eigenvalue weighted by Gasteiger charge is -2.17. The molecule has 4 heteroatoms. The maximum atomic E-state index is 11.4. The minimum absolute atomic E-state index is 0. The highest BCUT2D eigenvalue weighted by atomic mass is 35.5. The summed E-state index contributed by atoms with van der Waals surface area (Å²) in [4.78, 5) is 11.4. The van der Waals surface area contributed by atoms with Crippen LogP contribution in [-0.4, -0.2) is 18.5 Å². The third-order valence-electron chi connectivity index (χ3n) is 2.37. The van der Waals surface area contributed by atoms with Gasteiger partial charge in [-0.1, -0.05) is 20.8 Å². The van der Waals surface area contributed by atoms with Gasteiger partial charge < -0.3 is 11.1 Å². The second kappa shape index (κ2) is 8.98. The average molecular weight is 237 g/mol. The number of amides is 1. The minimum atomic E-state index is -0.0727. The maximum absolute atomic E-state index is 11.4. The Balaban J connectivity index is 0. The topological polar surface area (TPSA) is 55.1 Å². The predicted octanol–water partition coefficient (Wildman–Crippen LogP) is 1.94. The van der Waals surface area contributed by atoms with Crippen LogP contribution in [0.1, 0.15) is 40.5 Å². The van der Waals surface area contributed by atoms with E-state index in [1.54, 1.807) is 0 Å². The van der Waals surface area contributed by atoms with Gasteiger partial charge in [0.25, 0.3) is 0 Å². The van der Waals surface area contributed by atoms with Gasteiger partial charge in [0.2, 0.25) is 5.91 Å². The largest absolute Gasteiger partial charge is 0.353 e. The van der Waals surface area contributed by atoms with Gasteiger partial charge in [-0.15, -0.1) is 12.4 Å². The highest BCUT2D eigenvalue weighted by Crippen LogP contribution is 2.06. The molecular weight excluding hydrogens is 212 g/mol. The number of hydrogen-bond donors (Lipinski definition) is 2.